The van der Waals surface area contributed by atoms with Gasteiger partial charge >= 0.3 is 11.9 Å². The van der Waals surface area contributed by atoms with E-state index in [1.165, 1.54) is 0 Å². The van der Waals surface area contributed by atoms with Crippen molar-refractivity contribution in [3.05, 3.63) is 130 Å². The Morgan fingerprint density at radius 1 is 0.543 bits per heavy atom. The first kappa shape index (κ1) is 22.2. The second-order valence-electron chi connectivity index (χ2n) is 8.21. The van der Waals surface area contributed by atoms with Crippen molar-refractivity contribution in [1.29, 1.82) is 0 Å². The van der Waals surface area contributed by atoms with Crippen molar-refractivity contribution in [2.24, 2.45) is 0 Å². The predicted molar refractivity (Wildman–Crippen MR) is 134 cm³/mol. The zero-order valence-electron chi connectivity index (χ0n) is 18.0. The third kappa shape index (κ3) is 3.54. The Hall–Kier alpha value is -3.25. The van der Waals surface area contributed by atoms with Gasteiger partial charge in [-0.05, 0) is 36.4 Å². The molecule has 0 radical (unpaired) electrons. The normalized spacial score (nSPS) is 22.3. The molecule has 2 heterocycles. The van der Waals surface area contributed by atoms with E-state index in [-0.39, 0.29) is 0 Å². The molecule has 0 fully saturated rings. The first-order valence-electron chi connectivity index (χ1n) is 10.8. The van der Waals surface area contributed by atoms with Gasteiger partial charge in [0.2, 0.25) is 10.1 Å². The Kier molecular flexibility index (Phi) is 5.18. The van der Waals surface area contributed by atoms with Gasteiger partial charge in [-0.15, -0.1) is 0 Å². The van der Waals surface area contributed by atoms with Gasteiger partial charge in [0.15, 0.2) is 0 Å². The van der Waals surface area contributed by atoms with E-state index in [4.69, 9.17) is 32.7 Å². The molecule has 4 aromatic rings. The molecule has 0 spiro atoms. The number of carbonyl (C=O) groups excluding carboxylic acids is 2. The van der Waals surface area contributed by atoms with Gasteiger partial charge in [-0.3, -0.25) is 0 Å². The molecule has 0 aromatic heterocycles. The van der Waals surface area contributed by atoms with Crippen LogP contribution in [-0.4, -0.2) is 11.9 Å². The van der Waals surface area contributed by atoms with Gasteiger partial charge < -0.3 is 9.47 Å². The lowest BCUT2D eigenvalue weighted by Gasteiger charge is -2.22. The van der Waals surface area contributed by atoms with Crippen LogP contribution in [0.3, 0.4) is 0 Å². The fourth-order valence-electron chi connectivity index (χ4n) is 4.40. The van der Waals surface area contributed by atoms with Crippen molar-refractivity contribution < 1.29 is 19.1 Å². The van der Waals surface area contributed by atoms with E-state index in [0.29, 0.717) is 33.4 Å². The third-order valence-electron chi connectivity index (χ3n) is 6.14. The number of benzene rings is 4. The highest BCUT2D eigenvalue weighted by Crippen LogP contribution is 2.47. The maximum atomic E-state index is 12.2. The van der Waals surface area contributed by atoms with E-state index >= 15 is 0 Å². The molecule has 172 valence electrons. The number of hydrogen-bond donors (Lipinski definition) is 0. The quantitative estimate of drug-likeness (QED) is 0.214. The lowest BCUT2D eigenvalue weighted by Crippen LogP contribution is -2.20. The largest absolute Gasteiger partial charge is 0.431 e. The minimum absolute atomic E-state index is 0.429. The van der Waals surface area contributed by atoms with Gasteiger partial charge in [0.1, 0.15) is 0 Å². The number of halogens is 2. The van der Waals surface area contributed by atoms with Crippen LogP contribution in [-0.2, 0) is 19.6 Å². The molecule has 4 nitrogen and oxygen atoms in total. The summed E-state index contributed by atoms with van der Waals surface area (Å²) in [6, 6.07) is 29.5. The van der Waals surface area contributed by atoms with Gasteiger partial charge in [-0.25, -0.2) is 9.59 Å². The molecule has 2 aliphatic heterocycles. The van der Waals surface area contributed by atoms with Crippen molar-refractivity contribution in [1.82, 2.24) is 0 Å². The number of rotatable bonds is 4. The fourth-order valence-corrected chi connectivity index (χ4v) is 5.94. The van der Waals surface area contributed by atoms with E-state index < -0.39 is 22.1 Å². The summed E-state index contributed by atoms with van der Waals surface area (Å²) in [5.41, 5.74) is 3.62. The average Bonchev–Trinajstić information content (AvgIpc) is 3.31. The van der Waals surface area contributed by atoms with Crippen molar-refractivity contribution in [3.63, 3.8) is 0 Å². The van der Waals surface area contributed by atoms with Crippen LogP contribution >= 0.6 is 35.0 Å². The van der Waals surface area contributed by atoms with Crippen LogP contribution in [0.15, 0.2) is 107 Å². The molecule has 0 saturated heterocycles. The average molecular weight is 519 g/mol. The highest BCUT2D eigenvalue weighted by Gasteiger charge is 2.46. The van der Waals surface area contributed by atoms with Crippen molar-refractivity contribution in [2.75, 3.05) is 0 Å². The Bertz CT molecular complexity index is 1370. The van der Waals surface area contributed by atoms with Gasteiger partial charge in [0.25, 0.3) is 0 Å². The zero-order valence-corrected chi connectivity index (χ0v) is 20.4. The minimum atomic E-state index is -1.33. The summed E-state index contributed by atoms with van der Waals surface area (Å²) in [7, 11) is 0. The van der Waals surface area contributed by atoms with Gasteiger partial charge in [-0.2, -0.15) is 0 Å². The Balaban J connectivity index is 1.22. The van der Waals surface area contributed by atoms with Crippen LogP contribution in [0.4, 0.5) is 0 Å². The van der Waals surface area contributed by atoms with E-state index in [1.54, 1.807) is 48.2 Å². The monoisotopic (exact) mass is 518 g/mol. The van der Waals surface area contributed by atoms with Crippen LogP contribution in [0.25, 0.3) is 0 Å². The minimum Gasteiger partial charge on any atom is -0.431 e. The Morgan fingerprint density at radius 2 is 0.914 bits per heavy atom. The first-order valence-corrected chi connectivity index (χ1v) is 12.4. The van der Waals surface area contributed by atoms with Crippen LogP contribution < -0.4 is 0 Å². The number of fused-ring (bicyclic) bond motifs is 2. The second kappa shape index (κ2) is 8.16. The lowest BCUT2D eigenvalue weighted by molar-refractivity contribution is 0.0356. The molecule has 0 amide bonds. The van der Waals surface area contributed by atoms with Crippen LogP contribution in [0.5, 0.6) is 0 Å². The number of alkyl halides is 2. The van der Waals surface area contributed by atoms with Gasteiger partial charge in [0.05, 0.1) is 11.1 Å². The SMILES string of the molecule is O=C1OC(Cl)(c2ccc(Sc3ccc(C4(Cl)OC(=O)c5ccccc54)cc3)cc2)c2ccccc21. The maximum absolute atomic E-state index is 12.2. The van der Waals surface area contributed by atoms with Crippen LogP contribution in [0.1, 0.15) is 43.0 Å². The number of carbonyl (C=O) groups is 2. The molecule has 2 atom stereocenters. The second-order valence-corrected chi connectivity index (χ2v) is 10.4. The third-order valence-corrected chi connectivity index (χ3v) is 8.15. The van der Waals surface area contributed by atoms with Crippen molar-refractivity contribution in [3.8, 4) is 0 Å². The number of esters is 2. The van der Waals surface area contributed by atoms with Crippen LogP contribution in [0.2, 0.25) is 0 Å². The summed E-state index contributed by atoms with van der Waals surface area (Å²) in [4.78, 5) is 26.5. The first-order chi connectivity index (χ1) is 16.9. The molecule has 0 aliphatic carbocycles. The zero-order chi connectivity index (χ0) is 24.2. The number of cyclic esters (lactones) is 2. The summed E-state index contributed by atoms with van der Waals surface area (Å²) < 4.78 is 11.1. The molecule has 4 aromatic carbocycles. The maximum Gasteiger partial charge on any atom is 0.340 e. The number of hydrogen-bond acceptors (Lipinski definition) is 5. The summed E-state index contributed by atoms with van der Waals surface area (Å²) in [6.07, 6.45) is 0. The smallest absolute Gasteiger partial charge is 0.340 e. The van der Waals surface area contributed by atoms with Crippen molar-refractivity contribution in [2.45, 2.75) is 19.9 Å². The van der Waals surface area contributed by atoms with Crippen LogP contribution in [0, 0.1) is 0 Å². The molecule has 0 bridgehead atoms. The Labute approximate surface area is 215 Å². The highest BCUT2D eigenvalue weighted by molar-refractivity contribution is 7.99. The number of ether oxygens (including phenoxy) is 2. The van der Waals surface area contributed by atoms with Crippen molar-refractivity contribution >= 4 is 46.9 Å². The fraction of sp³-hybridized carbons (Fsp3) is 0.0714. The standard InChI is InChI=1S/C28H16Cl2O4S/c29-27(23-7-3-1-5-21(23)25(31)33-27)17-9-13-19(14-10-17)35-20-15-11-18(12-16-20)28(30)24-8-4-2-6-22(24)26(32)34-28/h1-16H. The highest BCUT2D eigenvalue weighted by atomic mass is 35.5. The van der Waals surface area contributed by atoms with E-state index in [9.17, 15) is 9.59 Å². The summed E-state index contributed by atoms with van der Waals surface area (Å²) in [5, 5.41) is -2.66. The van der Waals surface area contributed by atoms with Gasteiger partial charge in [-0.1, -0.05) is 95.6 Å². The molecular formula is C28H16Cl2O4S. The van der Waals surface area contributed by atoms with Gasteiger partial charge in [0, 0.05) is 32.0 Å². The lowest BCUT2D eigenvalue weighted by atomic mass is 9.99. The topological polar surface area (TPSA) is 52.6 Å². The molecule has 7 heteroatoms. The molecular weight excluding hydrogens is 503 g/mol. The van der Waals surface area contributed by atoms with E-state index in [2.05, 4.69) is 0 Å². The summed E-state index contributed by atoms with van der Waals surface area (Å²) in [6.45, 7) is 0. The molecule has 6 rings (SSSR count). The predicted octanol–water partition coefficient (Wildman–Crippen LogP) is 7.06. The summed E-state index contributed by atoms with van der Waals surface area (Å²) >= 11 is 15.1. The molecule has 2 aliphatic rings. The molecule has 2 unspecified atom stereocenters. The molecule has 0 N–H and O–H groups in total. The molecule has 0 saturated carbocycles. The molecule has 35 heavy (non-hydrogen) atoms. The summed E-state index contributed by atoms with van der Waals surface area (Å²) in [5.74, 6) is -0.858. The Morgan fingerprint density at radius 3 is 1.31 bits per heavy atom. The van der Waals surface area contributed by atoms with E-state index in [1.807, 2.05) is 60.7 Å². The van der Waals surface area contributed by atoms with E-state index in [0.717, 1.165) is 9.79 Å².